The van der Waals surface area contributed by atoms with Gasteiger partial charge < -0.3 is 10.0 Å². The zero-order chi connectivity index (χ0) is 13.5. The van der Waals surface area contributed by atoms with Crippen LogP contribution in [0.15, 0.2) is 18.2 Å². The molecule has 0 spiro atoms. The molecule has 7 heteroatoms. The van der Waals surface area contributed by atoms with Gasteiger partial charge in [-0.15, -0.1) is 3.89 Å². The smallest absolute Gasteiger partial charge is 0.307 e. The third kappa shape index (κ3) is 2.17. The number of benzene rings is 1. The highest BCUT2D eigenvalue weighted by Gasteiger charge is 2.40. The van der Waals surface area contributed by atoms with Gasteiger partial charge in [-0.25, -0.2) is 0 Å². The summed E-state index contributed by atoms with van der Waals surface area (Å²) < 4.78 is 34.5. The lowest BCUT2D eigenvalue weighted by Gasteiger charge is -2.19. The van der Waals surface area contributed by atoms with Gasteiger partial charge in [0, 0.05) is 13.0 Å². The minimum absolute atomic E-state index is 0.125. The summed E-state index contributed by atoms with van der Waals surface area (Å²) in [5.41, 5.74) is 0.869. The molecule has 0 aromatic heterocycles. The number of carbonyl (C=O) groups is 1. The van der Waals surface area contributed by atoms with E-state index in [9.17, 15) is 22.2 Å². The van der Waals surface area contributed by atoms with E-state index < -0.39 is 27.8 Å². The fourth-order valence-corrected chi connectivity index (χ4v) is 2.74. The molecule has 1 amide bonds. The van der Waals surface area contributed by atoms with Crippen molar-refractivity contribution in [1.82, 2.24) is 0 Å². The number of phenols is 1. The largest absolute Gasteiger partial charge is 0.506 e. The van der Waals surface area contributed by atoms with Crippen LogP contribution in [-0.2, 0) is 15.0 Å². The van der Waals surface area contributed by atoms with E-state index >= 15 is 0 Å². The number of halogens is 1. The number of amides is 1. The van der Waals surface area contributed by atoms with Crippen molar-refractivity contribution in [3.8, 4) is 5.75 Å². The Balaban J connectivity index is 2.39. The Hall–Kier alpha value is -1.63. The van der Waals surface area contributed by atoms with Gasteiger partial charge in [0.15, 0.2) is 0 Å². The van der Waals surface area contributed by atoms with Gasteiger partial charge in [0.2, 0.25) is 5.91 Å². The van der Waals surface area contributed by atoms with Crippen molar-refractivity contribution in [3.05, 3.63) is 23.8 Å². The lowest BCUT2D eigenvalue weighted by molar-refractivity contribution is -0.117. The van der Waals surface area contributed by atoms with Crippen LogP contribution in [0.5, 0.6) is 5.75 Å². The van der Waals surface area contributed by atoms with E-state index in [-0.39, 0.29) is 18.0 Å². The molecule has 1 N–H and O–H groups in total. The summed E-state index contributed by atoms with van der Waals surface area (Å²) in [5.74, 6) is -0.633. The number of carbonyl (C=O) groups excluding carboxylic acids is 1. The molecule has 0 bridgehead atoms. The minimum Gasteiger partial charge on any atom is -0.506 e. The SMILES string of the molecule is Cc1cccc(O)c1N1CC(S(=O)(=O)F)CC1=O. The first-order valence-electron chi connectivity index (χ1n) is 5.33. The quantitative estimate of drug-likeness (QED) is 0.819. The Morgan fingerprint density at radius 3 is 2.61 bits per heavy atom. The fraction of sp³-hybridized carbons (Fsp3) is 0.364. The number of rotatable bonds is 2. The lowest BCUT2D eigenvalue weighted by atomic mass is 10.1. The van der Waals surface area contributed by atoms with Crippen LogP contribution in [0.4, 0.5) is 9.57 Å². The van der Waals surface area contributed by atoms with E-state index in [0.29, 0.717) is 5.56 Å². The van der Waals surface area contributed by atoms with Crippen LogP contribution >= 0.6 is 0 Å². The third-order valence-electron chi connectivity index (χ3n) is 2.97. The van der Waals surface area contributed by atoms with Crippen molar-refractivity contribution in [3.63, 3.8) is 0 Å². The van der Waals surface area contributed by atoms with E-state index in [2.05, 4.69) is 0 Å². The number of phenolic OH excluding ortho intramolecular Hbond substituents is 1. The van der Waals surface area contributed by atoms with E-state index in [0.717, 1.165) is 4.90 Å². The summed E-state index contributed by atoms with van der Waals surface area (Å²) in [6.07, 6.45) is -0.396. The minimum atomic E-state index is -4.75. The lowest BCUT2D eigenvalue weighted by Crippen LogP contribution is -2.27. The van der Waals surface area contributed by atoms with Crippen molar-refractivity contribution < 1.29 is 22.2 Å². The Morgan fingerprint density at radius 2 is 2.11 bits per heavy atom. The van der Waals surface area contributed by atoms with E-state index in [4.69, 9.17) is 0 Å². The fourth-order valence-electron chi connectivity index (χ4n) is 2.07. The van der Waals surface area contributed by atoms with Gasteiger partial charge in [0.1, 0.15) is 11.0 Å². The average Bonchev–Trinajstić information content (AvgIpc) is 2.60. The topological polar surface area (TPSA) is 74.7 Å². The first-order valence-corrected chi connectivity index (χ1v) is 6.78. The Labute approximate surface area is 104 Å². The van der Waals surface area contributed by atoms with Gasteiger partial charge in [-0.05, 0) is 18.6 Å². The second-order valence-corrected chi connectivity index (χ2v) is 5.87. The summed E-state index contributed by atoms with van der Waals surface area (Å²) in [6, 6.07) is 4.69. The molecule has 0 saturated carbocycles. The van der Waals surface area contributed by atoms with Crippen molar-refractivity contribution in [1.29, 1.82) is 0 Å². The molecule has 0 radical (unpaired) electrons. The molecule has 1 unspecified atom stereocenters. The van der Waals surface area contributed by atoms with Crippen LogP contribution < -0.4 is 4.90 Å². The second-order valence-electron chi connectivity index (χ2n) is 4.25. The average molecular weight is 273 g/mol. The maximum Gasteiger partial charge on any atom is 0.307 e. The predicted octanol–water partition coefficient (Wildman–Crippen LogP) is 1.11. The number of aryl methyl sites for hydroxylation is 1. The molecule has 1 saturated heterocycles. The molecule has 1 aliphatic heterocycles. The van der Waals surface area contributed by atoms with Gasteiger partial charge in [0.25, 0.3) is 0 Å². The normalized spacial score (nSPS) is 20.4. The molecular weight excluding hydrogens is 261 g/mol. The molecule has 5 nitrogen and oxygen atoms in total. The summed E-state index contributed by atoms with van der Waals surface area (Å²) in [7, 11) is -4.75. The monoisotopic (exact) mass is 273 g/mol. The highest BCUT2D eigenvalue weighted by molar-refractivity contribution is 7.87. The first-order chi connectivity index (χ1) is 8.30. The van der Waals surface area contributed by atoms with Crippen molar-refractivity contribution >= 4 is 21.8 Å². The number of hydrogen-bond donors (Lipinski definition) is 1. The van der Waals surface area contributed by atoms with Crippen molar-refractivity contribution in [2.24, 2.45) is 0 Å². The summed E-state index contributed by atoms with van der Waals surface area (Å²) >= 11 is 0. The van der Waals surface area contributed by atoms with Crippen LogP contribution in [-0.4, -0.2) is 31.2 Å². The maximum absolute atomic E-state index is 12.9. The van der Waals surface area contributed by atoms with Gasteiger partial charge in [-0.1, -0.05) is 12.1 Å². The van der Waals surface area contributed by atoms with Crippen LogP contribution in [0.2, 0.25) is 0 Å². The Kier molecular flexibility index (Phi) is 3.02. The number of nitrogens with zero attached hydrogens (tertiary/aromatic N) is 1. The molecule has 1 aromatic carbocycles. The molecular formula is C11H12FNO4S. The number of anilines is 1. The van der Waals surface area contributed by atoms with Crippen LogP contribution in [0.3, 0.4) is 0 Å². The predicted molar refractivity (Wildman–Crippen MR) is 63.6 cm³/mol. The van der Waals surface area contributed by atoms with E-state index in [1.807, 2.05) is 0 Å². The molecule has 18 heavy (non-hydrogen) atoms. The number of aromatic hydroxyl groups is 1. The summed E-state index contributed by atoms with van der Waals surface area (Å²) in [4.78, 5) is 12.8. The third-order valence-corrected chi connectivity index (χ3v) is 4.09. The molecule has 1 atom stereocenters. The zero-order valence-corrected chi connectivity index (χ0v) is 10.4. The molecule has 1 heterocycles. The van der Waals surface area contributed by atoms with Gasteiger partial charge in [0.05, 0.1) is 5.69 Å². The number of hydrogen-bond acceptors (Lipinski definition) is 4. The molecule has 0 aliphatic carbocycles. The first kappa shape index (κ1) is 12.8. The Morgan fingerprint density at radius 1 is 1.44 bits per heavy atom. The highest BCUT2D eigenvalue weighted by Crippen LogP contribution is 2.35. The second kappa shape index (κ2) is 4.24. The zero-order valence-electron chi connectivity index (χ0n) is 9.63. The van der Waals surface area contributed by atoms with E-state index in [1.54, 1.807) is 19.1 Å². The summed E-state index contributed by atoms with van der Waals surface area (Å²) in [5, 5.41) is 8.36. The molecule has 1 aromatic rings. The molecule has 1 fully saturated rings. The summed E-state index contributed by atoms with van der Waals surface area (Å²) in [6.45, 7) is 1.41. The van der Waals surface area contributed by atoms with Crippen molar-refractivity contribution in [2.75, 3.05) is 11.4 Å². The maximum atomic E-state index is 12.9. The highest BCUT2D eigenvalue weighted by atomic mass is 32.3. The van der Waals surface area contributed by atoms with Crippen molar-refractivity contribution in [2.45, 2.75) is 18.6 Å². The standard InChI is InChI=1S/C11H12FNO4S/c1-7-3-2-4-9(14)11(7)13-6-8(5-10(13)15)18(12,16)17/h2-4,8,14H,5-6H2,1H3. The molecule has 1 aliphatic rings. The van der Waals surface area contributed by atoms with Gasteiger partial charge >= 0.3 is 10.2 Å². The van der Waals surface area contributed by atoms with E-state index in [1.165, 1.54) is 6.07 Å². The number of para-hydroxylation sites is 1. The molecule has 98 valence electrons. The van der Waals surface area contributed by atoms with Gasteiger partial charge in [-0.2, -0.15) is 8.42 Å². The van der Waals surface area contributed by atoms with Crippen LogP contribution in [0.1, 0.15) is 12.0 Å². The van der Waals surface area contributed by atoms with Crippen LogP contribution in [0, 0.1) is 6.92 Å². The van der Waals surface area contributed by atoms with Gasteiger partial charge in [-0.3, -0.25) is 4.79 Å². The van der Waals surface area contributed by atoms with Crippen LogP contribution in [0.25, 0.3) is 0 Å². The Bertz CT molecular complexity index is 579. The molecule has 2 rings (SSSR count).